The molecule has 1 unspecified atom stereocenters. The first-order valence-electron chi connectivity index (χ1n) is 7.08. The molecule has 1 aliphatic carbocycles. The predicted molar refractivity (Wildman–Crippen MR) is 76.2 cm³/mol. The Kier molecular flexibility index (Phi) is 3.20. The maximum Gasteiger partial charge on any atom is 0.115 e. The molecular weight excluding hydrogens is 242 g/mol. The van der Waals surface area contributed by atoms with Gasteiger partial charge in [-0.25, -0.2) is 4.98 Å². The third-order valence-electron chi connectivity index (χ3n) is 4.32. The van der Waals surface area contributed by atoms with Crippen LogP contribution >= 0.6 is 11.3 Å². The zero-order valence-corrected chi connectivity index (χ0v) is 12.4. The van der Waals surface area contributed by atoms with Crippen LogP contribution in [-0.4, -0.2) is 35.6 Å². The van der Waals surface area contributed by atoms with Gasteiger partial charge >= 0.3 is 0 Å². The Hall–Kier alpha value is -0.450. The lowest BCUT2D eigenvalue weighted by Gasteiger charge is -2.28. The second kappa shape index (κ2) is 4.58. The molecule has 0 spiro atoms. The van der Waals surface area contributed by atoms with Crippen LogP contribution < -0.4 is 5.32 Å². The number of nitrogens with one attached hydrogen (secondary N) is 1. The van der Waals surface area contributed by atoms with Crippen LogP contribution in [0.15, 0.2) is 0 Å². The Balaban J connectivity index is 1.86. The van der Waals surface area contributed by atoms with E-state index in [9.17, 15) is 0 Å². The molecule has 18 heavy (non-hydrogen) atoms. The number of rotatable bonds is 4. The molecule has 3 rings (SSSR count). The van der Waals surface area contributed by atoms with Crippen LogP contribution in [-0.2, 0) is 5.54 Å². The predicted octanol–water partition coefficient (Wildman–Crippen LogP) is 2.43. The largest absolute Gasteiger partial charge is 0.305 e. The molecule has 0 radical (unpaired) electrons. The lowest BCUT2D eigenvalue weighted by molar-refractivity contribution is 0.276. The van der Waals surface area contributed by atoms with E-state index in [2.05, 4.69) is 31.0 Å². The Bertz CT molecular complexity index is 419. The van der Waals surface area contributed by atoms with Crippen molar-refractivity contribution in [3.63, 3.8) is 0 Å². The van der Waals surface area contributed by atoms with Gasteiger partial charge in [0.2, 0.25) is 0 Å². The standard InChI is InChI=1S/C14H23N3S/c1-4-15-14(13-16-10(2)11(3)18-13)7-8-17(9-14)12-5-6-12/h12,15H,4-9H2,1-3H3. The maximum atomic E-state index is 4.83. The van der Waals surface area contributed by atoms with Crippen LogP contribution in [0.5, 0.6) is 0 Å². The Morgan fingerprint density at radius 2 is 2.22 bits per heavy atom. The fourth-order valence-electron chi connectivity index (χ4n) is 3.00. The van der Waals surface area contributed by atoms with Crippen molar-refractivity contribution in [2.75, 3.05) is 19.6 Å². The molecule has 0 bridgehead atoms. The molecule has 1 atom stereocenters. The highest BCUT2D eigenvalue weighted by atomic mass is 32.1. The fourth-order valence-corrected chi connectivity index (χ4v) is 4.10. The van der Waals surface area contributed by atoms with E-state index in [1.807, 2.05) is 11.3 Å². The molecule has 2 heterocycles. The lowest BCUT2D eigenvalue weighted by atomic mass is 9.99. The summed E-state index contributed by atoms with van der Waals surface area (Å²) in [6.45, 7) is 9.92. The fraction of sp³-hybridized carbons (Fsp3) is 0.786. The first kappa shape index (κ1) is 12.6. The third-order valence-corrected chi connectivity index (χ3v) is 5.59. The Labute approximate surface area is 114 Å². The molecule has 2 fully saturated rings. The van der Waals surface area contributed by atoms with E-state index in [0.717, 1.165) is 19.1 Å². The average Bonchev–Trinajstić information content (AvgIpc) is 3.02. The molecule has 1 saturated carbocycles. The van der Waals surface area contributed by atoms with Gasteiger partial charge in [-0.05, 0) is 39.7 Å². The number of aryl methyl sites for hydroxylation is 2. The van der Waals surface area contributed by atoms with Crippen LogP contribution in [0.4, 0.5) is 0 Å². The summed E-state index contributed by atoms with van der Waals surface area (Å²) in [4.78, 5) is 8.86. The summed E-state index contributed by atoms with van der Waals surface area (Å²) in [5.41, 5.74) is 1.33. The zero-order valence-electron chi connectivity index (χ0n) is 11.6. The van der Waals surface area contributed by atoms with Crippen LogP contribution in [0, 0.1) is 13.8 Å². The molecule has 0 aromatic carbocycles. The highest BCUT2D eigenvalue weighted by Gasteiger charge is 2.45. The quantitative estimate of drug-likeness (QED) is 0.906. The van der Waals surface area contributed by atoms with Crippen molar-refractivity contribution in [2.24, 2.45) is 0 Å². The highest BCUT2D eigenvalue weighted by Crippen LogP contribution is 2.40. The maximum absolute atomic E-state index is 4.83. The Morgan fingerprint density at radius 1 is 1.44 bits per heavy atom. The molecule has 0 amide bonds. The number of likely N-dealkylation sites (N-methyl/N-ethyl adjacent to an activating group) is 1. The minimum absolute atomic E-state index is 0.126. The van der Waals surface area contributed by atoms with Crippen molar-refractivity contribution in [1.29, 1.82) is 0 Å². The molecule has 1 N–H and O–H groups in total. The summed E-state index contributed by atoms with van der Waals surface area (Å²) in [6, 6.07) is 0.868. The van der Waals surface area contributed by atoms with Gasteiger partial charge in [-0.1, -0.05) is 6.92 Å². The molecule has 1 aromatic heterocycles. The highest BCUT2D eigenvalue weighted by molar-refractivity contribution is 7.11. The summed E-state index contributed by atoms with van der Waals surface area (Å²) >= 11 is 1.88. The van der Waals surface area contributed by atoms with E-state index >= 15 is 0 Å². The minimum atomic E-state index is 0.126. The second-order valence-electron chi connectivity index (χ2n) is 5.72. The molecule has 3 nitrogen and oxygen atoms in total. The van der Waals surface area contributed by atoms with Gasteiger partial charge in [-0.15, -0.1) is 11.3 Å². The van der Waals surface area contributed by atoms with Crippen LogP contribution in [0.2, 0.25) is 0 Å². The third kappa shape index (κ3) is 2.10. The normalized spacial score (nSPS) is 29.1. The van der Waals surface area contributed by atoms with E-state index in [0.29, 0.717) is 0 Å². The van der Waals surface area contributed by atoms with Crippen molar-refractivity contribution in [3.05, 3.63) is 15.6 Å². The van der Waals surface area contributed by atoms with E-state index in [4.69, 9.17) is 4.98 Å². The number of thiazole rings is 1. The van der Waals surface area contributed by atoms with Gasteiger partial charge in [0, 0.05) is 24.0 Å². The number of aromatic nitrogens is 1. The average molecular weight is 265 g/mol. The molecule has 4 heteroatoms. The van der Waals surface area contributed by atoms with Crippen molar-refractivity contribution in [3.8, 4) is 0 Å². The monoisotopic (exact) mass is 265 g/mol. The summed E-state index contributed by atoms with van der Waals surface area (Å²) in [5.74, 6) is 0. The number of nitrogens with zero attached hydrogens (tertiary/aromatic N) is 2. The minimum Gasteiger partial charge on any atom is -0.305 e. The number of likely N-dealkylation sites (tertiary alicyclic amines) is 1. The molecular formula is C14H23N3S. The van der Waals surface area contributed by atoms with Crippen molar-refractivity contribution in [2.45, 2.75) is 51.6 Å². The van der Waals surface area contributed by atoms with Crippen molar-refractivity contribution >= 4 is 11.3 Å². The van der Waals surface area contributed by atoms with E-state index < -0.39 is 0 Å². The molecule has 1 saturated heterocycles. The van der Waals surface area contributed by atoms with Crippen LogP contribution in [0.1, 0.15) is 41.8 Å². The van der Waals surface area contributed by atoms with Crippen LogP contribution in [0.25, 0.3) is 0 Å². The van der Waals surface area contributed by atoms with E-state index in [1.54, 1.807) is 0 Å². The first-order chi connectivity index (χ1) is 8.64. The summed E-state index contributed by atoms with van der Waals surface area (Å²) in [7, 11) is 0. The Morgan fingerprint density at radius 3 is 2.78 bits per heavy atom. The zero-order chi connectivity index (χ0) is 12.8. The lowest BCUT2D eigenvalue weighted by Crippen LogP contribution is -2.45. The second-order valence-corrected chi connectivity index (χ2v) is 6.93. The van der Waals surface area contributed by atoms with Crippen LogP contribution in [0.3, 0.4) is 0 Å². The molecule has 100 valence electrons. The number of hydrogen-bond acceptors (Lipinski definition) is 4. The van der Waals surface area contributed by atoms with Crippen molar-refractivity contribution < 1.29 is 0 Å². The van der Waals surface area contributed by atoms with Gasteiger partial charge < -0.3 is 5.32 Å². The summed E-state index contributed by atoms with van der Waals surface area (Å²) in [6.07, 6.45) is 4.01. The number of hydrogen-bond donors (Lipinski definition) is 1. The van der Waals surface area contributed by atoms with Gasteiger partial charge in [0.05, 0.1) is 11.2 Å². The van der Waals surface area contributed by atoms with Gasteiger partial charge in [-0.2, -0.15) is 0 Å². The molecule has 2 aliphatic rings. The summed E-state index contributed by atoms with van der Waals surface area (Å²) in [5, 5.41) is 5.04. The summed E-state index contributed by atoms with van der Waals surface area (Å²) < 4.78 is 0. The van der Waals surface area contributed by atoms with E-state index in [1.165, 1.54) is 41.4 Å². The smallest absolute Gasteiger partial charge is 0.115 e. The first-order valence-corrected chi connectivity index (χ1v) is 7.90. The molecule has 1 aromatic rings. The molecule has 1 aliphatic heterocycles. The van der Waals surface area contributed by atoms with Gasteiger partial charge in [0.25, 0.3) is 0 Å². The van der Waals surface area contributed by atoms with E-state index in [-0.39, 0.29) is 5.54 Å². The van der Waals surface area contributed by atoms with Gasteiger partial charge in [-0.3, -0.25) is 4.90 Å². The topological polar surface area (TPSA) is 28.2 Å². The van der Waals surface area contributed by atoms with Crippen molar-refractivity contribution in [1.82, 2.24) is 15.2 Å². The van der Waals surface area contributed by atoms with Gasteiger partial charge in [0.15, 0.2) is 0 Å². The van der Waals surface area contributed by atoms with Gasteiger partial charge in [0.1, 0.15) is 5.01 Å². The SMILES string of the molecule is CCNC1(c2nc(C)c(C)s2)CCN(C2CC2)C1.